The van der Waals surface area contributed by atoms with E-state index in [1.54, 1.807) is 29.2 Å². The number of esters is 1. The molecule has 156 valence electrons. The molecule has 8 heteroatoms. The number of piperidine rings is 1. The van der Waals surface area contributed by atoms with Crippen LogP contribution in [0.4, 0.5) is 5.69 Å². The van der Waals surface area contributed by atoms with Crippen molar-refractivity contribution in [3.8, 4) is 0 Å². The van der Waals surface area contributed by atoms with Crippen LogP contribution in [-0.4, -0.2) is 43.3 Å². The molecule has 2 amide bonds. The second-order valence-corrected chi connectivity index (χ2v) is 7.78. The lowest BCUT2D eigenvalue weighted by Gasteiger charge is -2.33. The minimum absolute atomic E-state index is 0.0149. The second kappa shape index (κ2) is 9.07. The zero-order valence-corrected chi connectivity index (χ0v) is 16.6. The zero-order valence-electron chi connectivity index (χ0n) is 16.6. The molecule has 29 heavy (non-hydrogen) atoms. The van der Waals surface area contributed by atoms with Gasteiger partial charge in [0.2, 0.25) is 11.8 Å². The van der Waals surface area contributed by atoms with Crippen molar-refractivity contribution in [3.05, 3.63) is 29.8 Å². The summed E-state index contributed by atoms with van der Waals surface area (Å²) in [5.41, 5.74) is 6.82. The third kappa shape index (κ3) is 4.93. The van der Waals surface area contributed by atoms with E-state index in [1.165, 1.54) is 7.11 Å². The van der Waals surface area contributed by atoms with Gasteiger partial charge in [-0.25, -0.2) is 0 Å². The number of nitrogen functional groups attached to an aromatic ring is 1. The number of hydrogen-bond donors (Lipinski definition) is 3. The summed E-state index contributed by atoms with van der Waals surface area (Å²) in [5, 5.41) is 10.5. The molecular weight excluding hydrogens is 372 g/mol. The van der Waals surface area contributed by atoms with Crippen molar-refractivity contribution in [2.24, 2.45) is 17.6 Å². The predicted octanol–water partition coefficient (Wildman–Crippen LogP) is 1.56. The molecule has 1 unspecified atom stereocenters. The average Bonchev–Trinajstić information content (AvgIpc) is 2.73. The van der Waals surface area contributed by atoms with Crippen molar-refractivity contribution >= 4 is 29.3 Å². The Bertz CT molecular complexity index is 784. The van der Waals surface area contributed by atoms with Gasteiger partial charge in [0, 0.05) is 36.2 Å². The number of hydrogen-bond acceptors (Lipinski definition) is 5. The molecule has 1 aromatic rings. The summed E-state index contributed by atoms with van der Waals surface area (Å²) in [6.45, 7) is 0.478. The number of rotatable bonds is 5. The van der Waals surface area contributed by atoms with Crippen molar-refractivity contribution in [2.45, 2.75) is 44.6 Å². The zero-order chi connectivity index (χ0) is 21.0. The first-order chi connectivity index (χ1) is 13.9. The molecule has 1 aliphatic heterocycles. The van der Waals surface area contributed by atoms with E-state index in [2.05, 4.69) is 5.32 Å². The molecule has 3 rings (SSSR count). The fourth-order valence-electron chi connectivity index (χ4n) is 4.11. The maximum atomic E-state index is 12.6. The summed E-state index contributed by atoms with van der Waals surface area (Å²) >= 11 is 0. The molecular formula is C21H28N4O4. The smallest absolute Gasteiger partial charge is 0.308 e. The van der Waals surface area contributed by atoms with E-state index in [4.69, 9.17) is 15.9 Å². The molecule has 2 fully saturated rings. The minimum atomic E-state index is -0.325. The quantitative estimate of drug-likeness (QED) is 0.393. The average molecular weight is 400 g/mol. The van der Waals surface area contributed by atoms with E-state index in [9.17, 15) is 14.4 Å². The van der Waals surface area contributed by atoms with Crippen molar-refractivity contribution < 1.29 is 19.1 Å². The monoisotopic (exact) mass is 400 g/mol. The first-order valence-electron chi connectivity index (χ1n) is 10.0. The standard InChI is InChI=1S/C21H28N4O4/c1-29-21(28)14-2-6-16(7-3-14)24-20(27)15-10-11-25(18(26)12-15)17-8-4-13(5-9-17)19(22)23/h4-5,8-9,14-16H,2-3,6-7,10-12H2,1H3,(H3,22,23)(H,24,27). The molecule has 0 aromatic heterocycles. The number of benzene rings is 1. The van der Waals surface area contributed by atoms with Crippen LogP contribution in [0.25, 0.3) is 0 Å². The summed E-state index contributed by atoms with van der Waals surface area (Å²) in [6.07, 6.45) is 3.71. The normalized spacial score (nSPS) is 24.7. The predicted molar refractivity (Wildman–Crippen MR) is 108 cm³/mol. The number of nitrogens with zero attached hydrogens (tertiary/aromatic N) is 1. The largest absolute Gasteiger partial charge is 0.469 e. The molecule has 0 bridgehead atoms. The number of anilines is 1. The van der Waals surface area contributed by atoms with E-state index >= 15 is 0 Å². The molecule has 1 aliphatic carbocycles. The minimum Gasteiger partial charge on any atom is -0.469 e. The first kappa shape index (κ1) is 20.8. The third-order valence-corrected chi connectivity index (χ3v) is 5.89. The summed E-state index contributed by atoms with van der Waals surface area (Å²) in [4.78, 5) is 38.5. The van der Waals surface area contributed by atoms with Gasteiger partial charge in [0.05, 0.1) is 13.0 Å². The van der Waals surface area contributed by atoms with Crippen LogP contribution in [0, 0.1) is 17.2 Å². The molecule has 1 saturated carbocycles. The fraction of sp³-hybridized carbons (Fsp3) is 0.524. The summed E-state index contributed by atoms with van der Waals surface area (Å²) in [7, 11) is 1.40. The van der Waals surface area contributed by atoms with Gasteiger partial charge in [-0.05, 0) is 56.4 Å². The van der Waals surface area contributed by atoms with Crippen LogP contribution in [0.15, 0.2) is 24.3 Å². The van der Waals surface area contributed by atoms with Crippen LogP contribution in [0.2, 0.25) is 0 Å². The molecule has 8 nitrogen and oxygen atoms in total. The van der Waals surface area contributed by atoms with Crippen LogP contribution in [-0.2, 0) is 19.1 Å². The Labute approximate surface area is 170 Å². The van der Waals surface area contributed by atoms with Gasteiger partial charge < -0.3 is 20.7 Å². The Morgan fingerprint density at radius 2 is 1.76 bits per heavy atom. The summed E-state index contributed by atoms with van der Waals surface area (Å²) in [5.74, 6) is -0.753. The molecule has 1 saturated heterocycles. The van der Waals surface area contributed by atoms with Gasteiger partial charge >= 0.3 is 5.97 Å². The van der Waals surface area contributed by atoms with E-state index in [-0.39, 0.29) is 47.9 Å². The molecule has 2 aliphatic rings. The highest BCUT2D eigenvalue weighted by molar-refractivity contribution is 5.99. The number of amides is 2. The van der Waals surface area contributed by atoms with Crippen LogP contribution in [0.3, 0.4) is 0 Å². The maximum Gasteiger partial charge on any atom is 0.308 e. The summed E-state index contributed by atoms with van der Waals surface area (Å²) in [6, 6.07) is 7.03. The van der Waals surface area contributed by atoms with Gasteiger partial charge in [0.1, 0.15) is 5.84 Å². The lowest BCUT2D eigenvalue weighted by molar-refractivity contribution is -0.146. The first-order valence-corrected chi connectivity index (χ1v) is 10.0. The van der Waals surface area contributed by atoms with Gasteiger partial charge in [-0.1, -0.05) is 0 Å². The van der Waals surface area contributed by atoms with Gasteiger partial charge in [0.25, 0.3) is 0 Å². The van der Waals surface area contributed by atoms with Crippen LogP contribution in [0.5, 0.6) is 0 Å². The Hall–Kier alpha value is -2.90. The number of amidine groups is 1. The number of ether oxygens (including phenoxy) is 1. The van der Waals surface area contributed by atoms with Crippen LogP contribution < -0.4 is 16.0 Å². The topological polar surface area (TPSA) is 126 Å². The molecule has 1 aromatic carbocycles. The van der Waals surface area contributed by atoms with Gasteiger partial charge in [0.15, 0.2) is 0 Å². The number of carbonyl (C=O) groups excluding carboxylic acids is 3. The highest BCUT2D eigenvalue weighted by Gasteiger charge is 2.33. The number of methoxy groups -OCH3 is 1. The van der Waals surface area contributed by atoms with Crippen molar-refractivity contribution in [2.75, 3.05) is 18.6 Å². The molecule has 0 spiro atoms. The van der Waals surface area contributed by atoms with Crippen molar-refractivity contribution in [1.29, 1.82) is 5.41 Å². The molecule has 1 atom stereocenters. The summed E-state index contributed by atoms with van der Waals surface area (Å²) < 4.78 is 4.79. The molecule has 1 heterocycles. The Balaban J connectivity index is 1.50. The third-order valence-electron chi connectivity index (χ3n) is 5.89. The van der Waals surface area contributed by atoms with E-state index in [1.807, 2.05) is 0 Å². The highest BCUT2D eigenvalue weighted by atomic mass is 16.5. The SMILES string of the molecule is COC(=O)C1CCC(NC(=O)C2CCN(c3ccc(C(=N)N)cc3)C(=O)C2)CC1. The highest BCUT2D eigenvalue weighted by Crippen LogP contribution is 2.28. The van der Waals surface area contributed by atoms with E-state index in [0.717, 1.165) is 18.5 Å². The fourth-order valence-corrected chi connectivity index (χ4v) is 4.11. The number of carbonyl (C=O) groups is 3. The molecule has 4 N–H and O–H groups in total. The van der Waals surface area contributed by atoms with Crippen LogP contribution in [0.1, 0.15) is 44.1 Å². The van der Waals surface area contributed by atoms with Gasteiger partial charge in [-0.2, -0.15) is 0 Å². The van der Waals surface area contributed by atoms with E-state index < -0.39 is 0 Å². The van der Waals surface area contributed by atoms with Crippen molar-refractivity contribution in [3.63, 3.8) is 0 Å². The van der Waals surface area contributed by atoms with Crippen molar-refractivity contribution in [1.82, 2.24) is 5.32 Å². The lowest BCUT2D eigenvalue weighted by Crippen LogP contribution is -2.47. The molecule has 0 radical (unpaired) electrons. The Kier molecular flexibility index (Phi) is 6.51. The van der Waals surface area contributed by atoms with Crippen LogP contribution >= 0.6 is 0 Å². The maximum absolute atomic E-state index is 12.6. The lowest BCUT2D eigenvalue weighted by atomic mass is 9.85. The number of nitrogens with one attached hydrogen (secondary N) is 2. The van der Waals surface area contributed by atoms with E-state index in [0.29, 0.717) is 31.4 Å². The Morgan fingerprint density at radius 3 is 2.31 bits per heavy atom. The van der Waals surface area contributed by atoms with Gasteiger partial charge in [-0.3, -0.25) is 19.8 Å². The number of nitrogens with two attached hydrogens (primary N) is 1. The van der Waals surface area contributed by atoms with Gasteiger partial charge in [-0.15, -0.1) is 0 Å². The Morgan fingerprint density at radius 1 is 1.10 bits per heavy atom. The second-order valence-electron chi connectivity index (χ2n) is 7.78.